The zero-order chi connectivity index (χ0) is 17.6. The molecule has 0 aliphatic heterocycles. The van der Waals surface area contributed by atoms with Crippen molar-refractivity contribution in [2.45, 2.75) is 18.0 Å². The number of benzene rings is 1. The Balaban J connectivity index is 1.68. The lowest BCUT2D eigenvalue weighted by molar-refractivity contribution is -0.130. The molecule has 0 spiro atoms. The van der Waals surface area contributed by atoms with Crippen molar-refractivity contribution in [2.75, 3.05) is 5.75 Å². The van der Waals surface area contributed by atoms with Gasteiger partial charge >= 0.3 is 0 Å². The van der Waals surface area contributed by atoms with Crippen molar-refractivity contribution in [2.24, 2.45) is 0 Å². The van der Waals surface area contributed by atoms with Crippen molar-refractivity contribution in [3.8, 4) is 0 Å². The molecule has 2 heterocycles. The predicted molar refractivity (Wildman–Crippen MR) is 98.9 cm³/mol. The average Bonchev–Trinajstić information content (AvgIpc) is 3.28. The molecule has 130 valence electrons. The van der Waals surface area contributed by atoms with Crippen molar-refractivity contribution in [3.63, 3.8) is 0 Å². The molecule has 0 aliphatic carbocycles. The second-order valence-corrected chi connectivity index (χ2v) is 7.13. The van der Waals surface area contributed by atoms with Crippen LogP contribution in [-0.2, 0) is 17.9 Å². The average molecular weight is 396 g/mol. The maximum Gasteiger partial charge on any atom is 0.233 e. The van der Waals surface area contributed by atoms with Crippen molar-refractivity contribution < 1.29 is 13.6 Å². The van der Waals surface area contributed by atoms with Crippen LogP contribution in [0.5, 0.6) is 0 Å². The Kier molecular flexibility index (Phi) is 6.13. The van der Waals surface area contributed by atoms with Crippen molar-refractivity contribution in [3.05, 3.63) is 76.6 Å². The van der Waals surface area contributed by atoms with E-state index in [0.29, 0.717) is 34.7 Å². The fourth-order valence-electron chi connectivity index (χ4n) is 2.23. The zero-order valence-corrected chi connectivity index (χ0v) is 15.5. The van der Waals surface area contributed by atoms with E-state index in [1.165, 1.54) is 11.8 Å². The summed E-state index contributed by atoms with van der Waals surface area (Å²) in [6.45, 7) is 0.743. The van der Waals surface area contributed by atoms with E-state index in [-0.39, 0.29) is 11.7 Å². The van der Waals surface area contributed by atoms with Crippen LogP contribution in [0.25, 0.3) is 0 Å². The number of amides is 1. The van der Waals surface area contributed by atoms with Crippen LogP contribution in [0.2, 0.25) is 10.0 Å². The van der Waals surface area contributed by atoms with Gasteiger partial charge in [0.2, 0.25) is 5.91 Å². The van der Waals surface area contributed by atoms with E-state index in [1.54, 1.807) is 47.8 Å². The fourth-order valence-corrected chi connectivity index (χ4v) is 3.63. The van der Waals surface area contributed by atoms with E-state index in [9.17, 15) is 4.79 Å². The highest BCUT2D eigenvalue weighted by atomic mass is 35.5. The number of hydrogen-bond donors (Lipinski definition) is 0. The zero-order valence-electron chi connectivity index (χ0n) is 13.2. The molecule has 2 aromatic heterocycles. The lowest BCUT2D eigenvalue weighted by atomic mass is 10.3. The molecule has 7 heteroatoms. The number of halogens is 2. The summed E-state index contributed by atoms with van der Waals surface area (Å²) < 4.78 is 10.7. The third kappa shape index (κ3) is 5.08. The van der Waals surface area contributed by atoms with E-state index < -0.39 is 0 Å². The first-order valence-electron chi connectivity index (χ1n) is 7.52. The minimum atomic E-state index is -0.0474. The van der Waals surface area contributed by atoms with Gasteiger partial charge in [-0.05, 0) is 42.5 Å². The van der Waals surface area contributed by atoms with Crippen LogP contribution in [0, 0.1) is 0 Å². The molecule has 0 saturated heterocycles. The second kappa shape index (κ2) is 8.52. The molecule has 0 N–H and O–H groups in total. The monoisotopic (exact) mass is 395 g/mol. The van der Waals surface area contributed by atoms with Crippen molar-refractivity contribution in [1.82, 2.24) is 4.90 Å². The normalized spacial score (nSPS) is 10.8. The SMILES string of the molecule is O=C(CSc1cc(Cl)ccc1Cl)N(Cc1ccco1)Cc1ccco1. The van der Waals surface area contributed by atoms with Gasteiger partial charge in [-0.2, -0.15) is 0 Å². The van der Waals surface area contributed by atoms with Gasteiger partial charge in [-0.3, -0.25) is 4.79 Å². The van der Waals surface area contributed by atoms with Crippen LogP contribution in [0.1, 0.15) is 11.5 Å². The molecule has 1 amide bonds. The van der Waals surface area contributed by atoms with Crippen LogP contribution < -0.4 is 0 Å². The van der Waals surface area contributed by atoms with Gasteiger partial charge in [0, 0.05) is 9.92 Å². The van der Waals surface area contributed by atoms with Gasteiger partial charge in [-0.25, -0.2) is 0 Å². The summed E-state index contributed by atoms with van der Waals surface area (Å²) in [5, 5.41) is 1.16. The molecule has 0 fully saturated rings. The molecule has 25 heavy (non-hydrogen) atoms. The summed E-state index contributed by atoms with van der Waals surface area (Å²) in [5.74, 6) is 1.62. The maximum atomic E-state index is 12.7. The van der Waals surface area contributed by atoms with Gasteiger partial charge in [-0.15, -0.1) is 11.8 Å². The number of furan rings is 2. The molecule has 0 radical (unpaired) electrons. The number of carbonyl (C=O) groups excluding carboxylic acids is 1. The first-order valence-corrected chi connectivity index (χ1v) is 9.26. The van der Waals surface area contributed by atoms with E-state index in [2.05, 4.69) is 0 Å². The van der Waals surface area contributed by atoms with Crippen LogP contribution in [-0.4, -0.2) is 16.6 Å². The number of rotatable bonds is 7. The summed E-state index contributed by atoms with van der Waals surface area (Å²) >= 11 is 13.5. The lowest BCUT2D eigenvalue weighted by Gasteiger charge is -2.20. The van der Waals surface area contributed by atoms with E-state index >= 15 is 0 Å². The van der Waals surface area contributed by atoms with Crippen molar-refractivity contribution >= 4 is 40.9 Å². The Morgan fingerprint density at radius 2 is 1.64 bits per heavy atom. The van der Waals surface area contributed by atoms with E-state index in [0.717, 1.165) is 4.90 Å². The number of nitrogens with zero attached hydrogens (tertiary/aromatic N) is 1. The number of hydrogen-bond acceptors (Lipinski definition) is 4. The highest BCUT2D eigenvalue weighted by Gasteiger charge is 2.18. The first-order chi connectivity index (χ1) is 12.1. The largest absolute Gasteiger partial charge is 0.467 e. The Morgan fingerprint density at radius 1 is 1.00 bits per heavy atom. The van der Waals surface area contributed by atoms with Crippen LogP contribution in [0.3, 0.4) is 0 Å². The number of thioether (sulfide) groups is 1. The molecule has 0 aliphatic rings. The molecule has 0 atom stereocenters. The van der Waals surface area contributed by atoms with Gasteiger partial charge in [0.1, 0.15) is 11.5 Å². The molecule has 1 aromatic carbocycles. The standard InChI is InChI=1S/C18H15Cl2NO3S/c19-13-5-6-16(20)17(9-13)25-12-18(22)21(10-14-3-1-7-23-14)11-15-4-2-8-24-15/h1-9H,10-12H2. The third-order valence-electron chi connectivity index (χ3n) is 3.45. The molecule has 0 unspecified atom stereocenters. The molecule has 3 rings (SSSR count). The Morgan fingerprint density at radius 3 is 2.20 bits per heavy atom. The summed E-state index contributed by atoms with van der Waals surface area (Å²) in [6, 6.07) is 12.5. The topological polar surface area (TPSA) is 46.6 Å². The fraction of sp³-hybridized carbons (Fsp3) is 0.167. The molecular weight excluding hydrogens is 381 g/mol. The van der Waals surface area contributed by atoms with Gasteiger partial charge < -0.3 is 13.7 Å². The van der Waals surface area contributed by atoms with Gasteiger partial charge in [0.05, 0.1) is 36.4 Å². The second-order valence-electron chi connectivity index (χ2n) is 5.27. The molecule has 0 saturated carbocycles. The minimum absolute atomic E-state index is 0.0474. The molecule has 0 bridgehead atoms. The molecule has 4 nitrogen and oxygen atoms in total. The lowest BCUT2D eigenvalue weighted by Crippen LogP contribution is -2.31. The van der Waals surface area contributed by atoms with Gasteiger partial charge in [-0.1, -0.05) is 23.2 Å². The van der Waals surface area contributed by atoms with E-state index in [4.69, 9.17) is 32.0 Å². The summed E-state index contributed by atoms with van der Waals surface area (Å²) in [6.07, 6.45) is 3.18. The van der Waals surface area contributed by atoms with Crippen LogP contribution in [0.4, 0.5) is 0 Å². The maximum absolute atomic E-state index is 12.7. The minimum Gasteiger partial charge on any atom is -0.467 e. The molecule has 3 aromatic rings. The Bertz CT molecular complexity index is 783. The first kappa shape index (κ1) is 18.0. The van der Waals surface area contributed by atoms with Crippen LogP contribution >= 0.6 is 35.0 Å². The third-order valence-corrected chi connectivity index (χ3v) is 5.17. The number of carbonyl (C=O) groups is 1. The summed E-state index contributed by atoms with van der Waals surface area (Å²) in [4.78, 5) is 15.2. The smallest absolute Gasteiger partial charge is 0.233 e. The van der Waals surface area contributed by atoms with E-state index in [1.807, 2.05) is 12.1 Å². The predicted octanol–water partition coefficient (Wildman–Crippen LogP) is 5.50. The van der Waals surface area contributed by atoms with Crippen molar-refractivity contribution in [1.29, 1.82) is 0 Å². The quantitative estimate of drug-likeness (QED) is 0.495. The van der Waals surface area contributed by atoms with Gasteiger partial charge in [0.15, 0.2) is 0 Å². The summed E-state index contributed by atoms with van der Waals surface area (Å²) in [5.41, 5.74) is 0. The Hall–Kier alpha value is -1.82. The molecular formula is C18H15Cl2NO3S. The van der Waals surface area contributed by atoms with Crippen LogP contribution in [0.15, 0.2) is 68.7 Å². The van der Waals surface area contributed by atoms with Gasteiger partial charge in [0.25, 0.3) is 0 Å². The highest BCUT2D eigenvalue weighted by molar-refractivity contribution is 8.00. The Labute approximate surface area is 159 Å². The highest BCUT2D eigenvalue weighted by Crippen LogP contribution is 2.30. The summed E-state index contributed by atoms with van der Waals surface area (Å²) in [7, 11) is 0.